The molecule has 148 valence electrons. The Bertz CT molecular complexity index is 832. The molecule has 0 spiro atoms. The molecule has 1 aromatic heterocycles. The predicted octanol–water partition coefficient (Wildman–Crippen LogP) is -0.492. The largest absolute Gasteiger partial charge is 0.469 e. The van der Waals surface area contributed by atoms with Gasteiger partial charge in [0.15, 0.2) is 12.4 Å². The van der Waals surface area contributed by atoms with Gasteiger partial charge in [0.05, 0.1) is 6.61 Å². The van der Waals surface area contributed by atoms with Crippen LogP contribution in [0.4, 0.5) is 10.2 Å². The van der Waals surface area contributed by atoms with Crippen molar-refractivity contribution in [2.24, 2.45) is 5.11 Å². The molecule has 17 heteroatoms. The van der Waals surface area contributed by atoms with E-state index >= 15 is 0 Å². The number of nitrogens with one attached hydrogen (secondary N) is 1. The Morgan fingerprint density at radius 3 is 2.62 bits per heavy atom. The van der Waals surface area contributed by atoms with Crippen molar-refractivity contribution in [2.75, 3.05) is 6.61 Å². The summed E-state index contributed by atoms with van der Waals surface area (Å²) in [6.45, 7) is -0.864. The van der Waals surface area contributed by atoms with E-state index in [-0.39, 0.29) is 12.3 Å². The Morgan fingerprint density at radius 1 is 1.46 bits per heavy atom. The number of halogens is 1. The molecule has 2 heterocycles. The Hall–Kier alpha value is -2.13. The number of aromatic nitrogens is 2. The maximum Gasteiger partial charge on any atom is 0.469 e. The normalized spacial score (nSPS) is 24.9. The summed E-state index contributed by atoms with van der Waals surface area (Å²) >= 11 is 0. The summed E-state index contributed by atoms with van der Waals surface area (Å²) in [4.78, 5) is 44.5. The van der Waals surface area contributed by atoms with E-state index in [0.29, 0.717) is 10.6 Å². The fourth-order valence-corrected chi connectivity index (χ4v) is 2.42. The minimum Gasteiger partial charge on any atom is -0.387 e. The maximum absolute atomic E-state index is 14.2. The molecule has 0 unspecified atom stereocenters. The number of aliphatic hydroxyl groups excluding tert-OH is 1. The molecule has 1 saturated heterocycles. The second-order valence-corrected chi connectivity index (χ2v) is 5.88. The van der Waals surface area contributed by atoms with E-state index in [2.05, 4.69) is 14.5 Å². The molecule has 2 rings (SSSR count). The van der Waals surface area contributed by atoms with Gasteiger partial charge in [0, 0.05) is 11.0 Å². The first-order valence-corrected chi connectivity index (χ1v) is 7.75. The van der Waals surface area contributed by atoms with E-state index in [4.69, 9.17) is 20.1 Å². The maximum atomic E-state index is 14.2. The van der Waals surface area contributed by atoms with E-state index in [0.717, 1.165) is 0 Å². The number of hydrogen-bond acceptors (Lipinski definition) is 9. The van der Waals surface area contributed by atoms with Crippen LogP contribution in [0, 0.1) is 0 Å². The van der Waals surface area contributed by atoms with E-state index in [1.54, 1.807) is 4.98 Å². The van der Waals surface area contributed by atoms with Gasteiger partial charge in [-0.2, -0.15) is 0 Å². The van der Waals surface area contributed by atoms with Crippen molar-refractivity contribution < 1.29 is 33.1 Å². The summed E-state index contributed by atoms with van der Waals surface area (Å²) in [6.07, 6.45) is -7.45. The van der Waals surface area contributed by atoms with E-state index in [9.17, 15) is 23.7 Å². The number of rotatable bonds is 5. The highest BCUT2D eigenvalue weighted by molar-refractivity contribution is 7.46. The first-order valence-electron chi connectivity index (χ1n) is 6.22. The van der Waals surface area contributed by atoms with Gasteiger partial charge in [-0.1, -0.05) is 0 Å². The van der Waals surface area contributed by atoms with Crippen molar-refractivity contribution in [3.05, 3.63) is 37.3 Å². The molecule has 0 aliphatic carbocycles. The molecule has 1 aromatic rings. The van der Waals surface area contributed by atoms with Crippen LogP contribution in [0.5, 0.6) is 0 Å². The molecule has 0 radical (unpaired) electrons. The summed E-state index contributed by atoms with van der Waals surface area (Å²) < 4.78 is 34.5. The summed E-state index contributed by atoms with van der Waals surface area (Å²) in [6, 6.07) is 0.711. The quantitative estimate of drug-likeness (QED) is 0.159. The van der Waals surface area contributed by atoms with Gasteiger partial charge in [-0.05, 0) is 10.6 Å². The zero-order valence-corrected chi connectivity index (χ0v) is 13.9. The van der Waals surface area contributed by atoms with E-state index in [1.165, 1.54) is 0 Å². The highest BCUT2D eigenvalue weighted by atomic mass is 31.2. The van der Waals surface area contributed by atoms with Gasteiger partial charge >= 0.3 is 13.5 Å². The van der Waals surface area contributed by atoms with Gasteiger partial charge in [-0.3, -0.25) is 18.9 Å². The van der Waals surface area contributed by atoms with Crippen LogP contribution in [0.3, 0.4) is 0 Å². The van der Waals surface area contributed by atoms with Crippen LogP contribution in [-0.4, -0.2) is 49.4 Å². The molecule has 1 aliphatic rings. The van der Waals surface area contributed by atoms with Crippen LogP contribution >= 0.6 is 7.82 Å². The molecule has 0 amide bonds. The Kier molecular flexibility index (Phi) is 8.26. The van der Waals surface area contributed by atoms with Gasteiger partial charge < -0.3 is 31.9 Å². The van der Waals surface area contributed by atoms with Crippen LogP contribution in [0.2, 0.25) is 0 Å². The molecule has 26 heavy (non-hydrogen) atoms. The predicted molar refractivity (Wildman–Crippen MR) is 83.0 cm³/mol. The fraction of sp³-hybridized carbons (Fsp3) is 0.556. The van der Waals surface area contributed by atoms with Crippen LogP contribution in [0.1, 0.15) is 6.23 Å². The van der Waals surface area contributed by atoms with Crippen LogP contribution in [-0.2, 0) is 13.8 Å². The smallest absolute Gasteiger partial charge is 0.387 e. The highest BCUT2D eigenvalue weighted by Gasteiger charge is 2.46. The standard InChI is InChI=1S/C9H11FN5O8P.2H3N/c10-6-7(17)3(2-22-24(19,20)21)23-8(6)15-4(13-14-11)1-5(16)12-9(15)18;;/h1,3,6-8,17H,2H2,(H,12,16,18)(H2,19,20,21);2*1H3/t3-,6-,7-,8-;;/m1../s1. The number of aromatic amines is 1. The third-order valence-corrected chi connectivity index (χ3v) is 3.54. The Morgan fingerprint density at radius 2 is 2.08 bits per heavy atom. The molecule has 15 nitrogen and oxygen atoms in total. The number of phosphoric ester groups is 1. The lowest BCUT2D eigenvalue weighted by molar-refractivity contribution is -0.0476. The third kappa shape index (κ3) is 5.18. The van der Waals surface area contributed by atoms with Crippen molar-refractivity contribution in [1.29, 1.82) is 0 Å². The molecule has 0 bridgehead atoms. The number of aliphatic hydroxyl groups is 1. The van der Waals surface area contributed by atoms with Crippen LogP contribution in [0.15, 0.2) is 20.8 Å². The summed E-state index contributed by atoms with van der Waals surface area (Å²) in [5, 5.41) is 12.8. The first-order chi connectivity index (χ1) is 11.1. The van der Waals surface area contributed by atoms with E-state index < -0.39 is 56.1 Å². The lowest BCUT2D eigenvalue weighted by atomic mass is 10.1. The number of hydrogen-bond donors (Lipinski definition) is 6. The number of alkyl halides is 1. The van der Waals surface area contributed by atoms with Gasteiger partial charge in [-0.15, -0.1) is 0 Å². The number of H-pyrrole nitrogens is 1. The topological polar surface area (TPSA) is 270 Å². The minimum absolute atomic E-state index is 0. The van der Waals surface area contributed by atoms with Crippen molar-refractivity contribution in [3.8, 4) is 0 Å². The number of ether oxygens (including phenoxy) is 1. The summed E-state index contributed by atoms with van der Waals surface area (Å²) in [5.74, 6) is -0.567. The summed E-state index contributed by atoms with van der Waals surface area (Å²) in [5.41, 5.74) is 6.38. The lowest BCUT2D eigenvalue weighted by Crippen LogP contribution is -2.36. The monoisotopic (exact) mass is 401 g/mol. The number of phosphoric acid groups is 1. The third-order valence-electron chi connectivity index (χ3n) is 3.06. The van der Waals surface area contributed by atoms with Crippen molar-refractivity contribution in [3.63, 3.8) is 0 Å². The molecule has 1 fully saturated rings. The van der Waals surface area contributed by atoms with Gasteiger partial charge in [0.25, 0.3) is 5.56 Å². The molecular formula is C9H17FN7O8P. The minimum atomic E-state index is -4.89. The average molecular weight is 401 g/mol. The second-order valence-electron chi connectivity index (χ2n) is 4.64. The van der Waals surface area contributed by atoms with Crippen molar-refractivity contribution in [1.82, 2.24) is 21.9 Å². The Labute approximate surface area is 143 Å². The zero-order chi connectivity index (χ0) is 18.1. The highest BCUT2D eigenvalue weighted by Crippen LogP contribution is 2.39. The molecule has 1 aliphatic heterocycles. The second kappa shape index (κ2) is 9.00. The SMILES string of the molecule is N.N.[N-]=[N+]=Nc1cc(=O)[nH]c(=O)n1[C@@H]1O[C@H](COP(=O)(O)O)[C@@H](O)[C@H]1F. The molecule has 10 N–H and O–H groups in total. The molecule has 0 aromatic carbocycles. The van der Waals surface area contributed by atoms with Crippen LogP contribution in [0.25, 0.3) is 10.4 Å². The van der Waals surface area contributed by atoms with Crippen molar-refractivity contribution >= 4 is 13.6 Å². The first kappa shape index (κ1) is 23.9. The summed E-state index contributed by atoms with van der Waals surface area (Å²) in [7, 11) is -4.89. The van der Waals surface area contributed by atoms with Crippen molar-refractivity contribution in [2.45, 2.75) is 24.6 Å². The molecule has 0 saturated carbocycles. The van der Waals surface area contributed by atoms with Crippen LogP contribution < -0.4 is 23.6 Å². The number of azide groups is 1. The van der Waals surface area contributed by atoms with Gasteiger partial charge in [0.2, 0.25) is 0 Å². The average Bonchev–Trinajstić information content (AvgIpc) is 2.72. The zero-order valence-electron chi connectivity index (χ0n) is 13.0. The molecular weight excluding hydrogens is 384 g/mol. The van der Waals surface area contributed by atoms with E-state index in [1.807, 2.05) is 0 Å². The number of nitrogens with zero attached hydrogens (tertiary/aromatic N) is 4. The Balaban J connectivity index is 0.00000312. The lowest BCUT2D eigenvalue weighted by Gasteiger charge is -2.18. The fourth-order valence-electron chi connectivity index (χ4n) is 2.08. The molecule has 4 atom stereocenters. The van der Waals surface area contributed by atoms with Gasteiger partial charge in [0.1, 0.15) is 18.0 Å². The van der Waals surface area contributed by atoms with Gasteiger partial charge in [-0.25, -0.2) is 13.8 Å².